The summed E-state index contributed by atoms with van der Waals surface area (Å²) in [5.41, 5.74) is 1.67. The molecule has 0 aliphatic rings. The molecule has 20 heavy (non-hydrogen) atoms. The van der Waals surface area contributed by atoms with Crippen LogP contribution in [-0.4, -0.2) is 46.7 Å². The second kappa shape index (κ2) is 9.06. The summed E-state index contributed by atoms with van der Waals surface area (Å²) in [6.07, 6.45) is 3.95. The van der Waals surface area contributed by atoms with E-state index in [0.29, 0.717) is 6.10 Å². The summed E-state index contributed by atoms with van der Waals surface area (Å²) in [4.78, 5) is 2.30. The summed E-state index contributed by atoms with van der Waals surface area (Å²) in [7, 11) is 2.53. The third kappa shape index (κ3) is 6.15. The highest BCUT2D eigenvalue weighted by Crippen LogP contribution is 2.27. The molecule has 0 saturated heterocycles. The molecule has 0 amide bonds. The fourth-order valence-corrected chi connectivity index (χ4v) is 6.36. The summed E-state index contributed by atoms with van der Waals surface area (Å²) in [6, 6.07) is 0. The van der Waals surface area contributed by atoms with Gasteiger partial charge in [-0.15, -0.1) is 5.47 Å². The van der Waals surface area contributed by atoms with Crippen molar-refractivity contribution in [2.24, 2.45) is 0 Å². The van der Waals surface area contributed by atoms with E-state index < -0.39 is 8.32 Å². The van der Waals surface area contributed by atoms with Crippen LogP contribution in [0.4, 0.5) is 0 Å². The van der Waals surface area contributed by atoms with Gasteiger partial charge in [0.25, 0.3) is 0 Å². The molecule has 0 aliphatic heterocycles. The van der Waals surface area contributed by atoms with E-state index in [9.17, 15) is 0 Å². The Morgan fingerprint density at radius 1 is 1.10 bits per heavy atom. The van der Waals surface area contributed by atoms with E-state index in [0.717, 1.165) is 19.7 Å². The molecule has 0 aliphatic carbocycles. The van der Waals surface area contributed by atoms with Gasteiger partial charge in [-0.2, -0.15) is 0 Å². The van der Waals surface area contributed by atoms with Gasteiger partial charge in [-0.1, -0.05) is 38.6 Å². The monoisotopic (exact) mass is 297 g/mol. The minimum absolute atomic E-state index is 0.314. The van der Waals surface area contributed by atoms with Crippen molar-refractivity contribution < 1.29 is 4.43 Å². The number of hydrogen-bond donors (Lipinski definition) is 0. The fraction of sp³-hybridized carbons (Fsp3) is 0.875. The number of rotatable bonds is 9. The van der Waals surface area contributed by atoms with Gasteiger partial charge in [-0.25, -0.2) is 0 Å². The Morgan fingerprint density at radius 3 is 1.90 bits per heavy atom. The first-order valence-corrected chi connectivity index (χ1v) is 11.1. The SMILES string of the molecule is CCB(CC)/C(CC)=C(\CN(C)C)[Si](C)(C)OC(C)C. The standard InChI is InChI=1S/C16H36BNOSi/c1-10-15(17(11-2)12-3)16(13-18(6)7)20(8,9)19-14(4)5/h14H,10-13H2,1-9H3/b16-15+. The van der Waals surface area contributed by atoms with E-state index in [4.69, 9.17) is 4.43 Å². The molecule has 0 aromatic carbocycles. The van der Waals surface area contributed by atoms with Crippen molar-refractivity contribution in [2.75, 3.05) is 20.6 Å². The topological polar surface area (TPSA) is 12.5 Å². The highest BCUT2D eigenvalue weighted by atomic mass is 28.4. The molecule has 0 bridgehead atoms. The smallest absolute Gasteiger partial charge is 0.214 e. The van der Waals surface area contributed by atoms with Crippen molar-refractivity contribution in [2.45, 2.75) is 72.9 Å². The maximum absolute atomic E-state index is 6.38. The van der Waals surface area contributed by atoms with Gasteiger partial charge in [0.15, 0.2) is 6.71 Å². The van der Waals surface area contributed by atoms with Gasteiger partial charge >= 0.3 is 0 Å². The maximum Gasteiger partial charge on any atom is 0.214 e. The molecule has 0 unspecified atom stereocenters. The molecule has 0 spiro atoms. The van der Waals surface area contributed by atoms with Gasteiger partial charge < -0.3 is 9.33 Å². The maximum atomic E-state index is 6.38. The molecule has 0 radical (unpaired) electrons. The fourth-order valence-electron chi connectivity index (χ4n) is 3.19. The van der Waals surface area contributed by atoms with E-state index in [-0.39, 0.29) is 0 Å². The second-order valence-electron chi connectivity index (χ2n) is 6.79. The molecule has 0 atom stereocenters. The molecule has 0 rings (SSSR count). The van der Waals surface area contributed by atoms with Crippen molar-refractivity contribution in [1.29, 1.82) is 0 Å². The zero-order valence-electron chi connectivity index (χ0n) is 15.3. The van der Waals surface area contributed by atoms with Crippen LogP contribution in [0.5, 0.6) is 0 Å². The summed E-state index contributed by atoms with van der Waals surface area (Å²) in [6.45, 7) is 17.7. The highest BCUT2D eigenvalue weighted by molar-refractivity contribution is 6.81. The number of nitrogens with zero attached hydrogens (tertiary/aromatic N) is 1. The average molecular weight is 297 g/mol. The zero-order valence-corrected chi connectivity index (χ0v) is 16.3. The lowest BCUT2D eigenvalue weighted by Gasteiger charge is -2.34. The van der Waals surface area contributed by atoms with Crippen molar-refractivity contribution in [3.05, 3.63) is 10.7 Å². The Balaban J connectivity index is 5.69. The van der Waals surface area contributed by atoms with Crippen LogP contribution in [0.2, 0.25) is 25.7 Å². The number of allylic oxidation sites excluding steroid dienone is 1. The van der Waals surface area contributed by atoms with Gasteiger partial charge in [0.1, 0.15) is 0 Å². The van der Waals surface area contributed by atoms with Gasteiger partial charge in [-0.3, -0.25) is 0 Å². The Hall–Kier alpha value is -0.0582. The van der Waals surface area contributed by atoms with Crippen molar-refractivity contribution >= 4 is 15.0 Å². The van der Waals surface area contributed by atoms with Crippen molar-refractivity contribution in [3.63, 3.8) is 0 Å². The first-order chi connectivity index (χ1) is 9.19. The predicted molar refractivity (Wildman–Crippen MR) is 96.3 cm³/mol. The molecule has 0 heterocycles. The molecule has 0 N–H and O–H groups in total. The summed E-state index contributed by atoms with van der Waals surface area (Å²) < 4.78 is 6.38. The van der Waals surface area contributed by atoms with E-state index in [2.05, 4.69) is 66.7 Å². The van der Waals surface area contributed by atoms with Crippen LogP contribution in [0, 0.1) is 0 Å². The second-order valence-corrected chi connectivity index (χ2v) is 10.6. The van der Waals surface area contributed by atoms with Crippen molar-refractivity contribution in [1.82, 2.24) is 4.90 Å². The minimum Gasteiger partial charge on any atom is -0.411 e. The Labute approximate surface area is 129 Å². The van der Waals surface area contributed by atoms with Crippen molar-refractivity contribution in [3.8, 4) is 0 Å². The number of likely N-dealkylation sites (N-methyl/N-ethyl adjacent to an activating group) is 1. The molecule has 0 fully saturated rings. The molecule has 0 aromatic heterocycles. The van der Waals surface area contributed by atoms with Crippen LogP contribution in [0.3, 0.4) is 0 Å². The molecule has 0 aromatic rings. The van der Waals surface area contributed by atoms with E-state index in [1.165, 1.54) is 12.6 Å². The van der Waals surface area contributed by atoms with E-state index >= 15 is 0 Å². The molecule has 4 heteroatoms. The summed E-state index contributed by atoms with van der Waals surface area (Å²) in [5.74, 6) is 0. The van der Waals surface area contributed by atoms with Crippen LogP contribution in [0.25, 0.3) is 0 Å². The van der Waals surface area contributed by atoms with Crippen LogP contribution in [-0.2, 0) is 4.43 Å². The predicted octanol–water partition coefficient (Wildman–Crippen LogP) is 4.50. The van der Waals surface area contributed by atoms with Gasteiger partial charge in [0.05, 0.1) is 0 Å². The zero-order chi connectivity index (χ0) is 15.9. The lowest BCUT2D eigenvalue weighted by atomic mass is 9.40. The summed E-state index contributed by atoms with van der Waals surface area (Å²) in [5, 5.41) is 1.62. The van der Waals surface area contributed by atoms with Crippen LogP contribution >= 0.6 is 0 Å². The normalized spacial score (nSPS) is 13.9. The Bertz CT molecular complexity index is 310. The van der Waals surface area contributed by atoms with Gasteiger partial charge in [0.2, 0.25) is 8.32 Å². The van der Waals surface area contributed by atoms with Crippen LogP contribution in [0.15, 0.2) is 10.7 Å². The lowest BCUT2D eigenvalue weighted by molar-refractivity contribution is 0.234. The Morgan fingerprint density at radius 2 is 1.60 bits per heavy atom. The molecule has 118 valence electrons. The quantitative estimate of drug-likeness (QED) is 0.581. The summed E-state index contributed by atoms with van der Waals surface area (Å²) >= 11 is 0. The first kappa shape index (κ1) is 19.9. The highest BCUT2D eigenvalue weighted by Gasteiger charge is 2.33. The third-order valence-electron chi connectivity index (χ3n) is 3.98. The molecular formula is C16H36BNOSi. The minimum atomic E-state index is -1.80. The van der Waals surface area contributed by atoms with Gasteiger partial charge in [-0.05, 0) is 47.5 Å². The van der Waals surface area contributed by atoms with E-state index in [1.807, 2.05) is 0 Å². The van der Waals surface area contributed by atoms with Crippen LogP contribution < -0.4 is 0 Å². The molecule has 2 nitrogen and oxygen atoms in total. The molecular weight excluding hydrogens is 261 g/mol. The van der Waals surface area contributed by atoms with E-state index in [1.54, 1.807) is 10.7 Å². The Kier molecular flexibility index (Phi) is 9.03. The first-order valence-electron chi connectivity index (χ1n) is 8.24. The largest absolute Gasteiger partial charge is 0.411 e. The third-order valence-corrected chi connectivity index (χ3v) is 6.97. The molecule has 0 saturated carbocycles. The average Bonchev–Trinajstić information content (AvgIpc) is 2.31. The van der Waals surface area contributed by atoms with Crippen LogP contribution in [0.1, 0.15) is 41.0 Å². The lowest BCUT2D eigenvalue weighted by Crippen LogP contribution is -2.42. The number of hydrogen-bond acceptors (Lipinski definition) is 2. The van der Waals surface area contributed by atoms with Gasteiger partial charge in [0, 0.05) is 12.6 Å².